The van der Waals surface area contributed by atoms with Gasteiger partial charge in [0.15, 0.2) is 0 Å². The number of halogens is 3. The number of hydrogen-bond donors (Lipinski definition) is 0. The smallest absolute Gasteiger partial charge is 0.736 e. The minimum atomic E-state index is -4.96. The Morgan fingerprint density at radius 3 is 2.23 bits per heavy atom. The number of phosphoric acid groups is 1. The molecule has 0 spiro atoms. The first kappa shape index (κ1) is 25.0. The number of benzene rings is 3. The van der Waals surface area contributed by atoms with E-state index in [0.29, 0.717) is 18.1 Å². The summed E-state index contributed by atoms with van der Waals surface area (Å²) in [5.74, 6) is -0.564. The van der Waals surface area contributed by atoms with Crippen LogP contribution in [0.25, 0.3) is 0 Å². The number of rotatable bonds is 6. The molecule has 0 amide bonds. The van der Waals surface area contributed by atoms with Gasteiger partial charge in [0, 0.05) is 0 Å². The fourth-order valence-corrected chi connectivity index (χ4v) is 3.47. The van der Waals surface area contributed by atoms with Crippen LogP contribution in [0.3, 0.4) is 0 Å². The van der Waals surface area contributed by atoms with Gasteiger partial charge in [-0.2, -0.15) is 18.4 Å². The summed E-state index contributed by atoms with van der Waals surface area (Å²) in [7, 11) is -4.96. The molecule has 31 heavy (non-hydrogen) atoms. The molecule has 0 fully saturated rings. The maximum atomic E-state index is 12.7. The summed E-state index contributed by atoms with van der Waals surface area (Å²) in [5.41, 5.74) is 1.12. The van der Waals surface area contributed by atoms with Gasteiger partial charge in [0.2, 0.25) is 0 Å². The molecule has 5 nitrogen and oxygen atoms in total. The Morgan fingerprint density at radius 2 is 1.58 bits per heavy atom. The predicted molar refractivity (Wildman–Crippen MR) is 101 cm³/mol. The van der Waals surface area contributed by atoms with Crippen molar-refractivity contribution in [3.05, 3.63) is 95.1 Å². The third-order valence-electron chi connectivity index (χ3n) is 4.05. The van der Waals surface area contributed by atoms with E-state index >= 15 is 0 Å². The Morgan fingerprint density at radius 1 is 0.935 bits per heavy atom. The van der Waals surface area contributed by atoms with Gasteiger partial charge in [-0.05, 0) is 53.9 Å². The van der Waals surface area contributed by atoms with E-state index in [0.717, 1.165) is 29.3 Å². The molecule has 0 saturated carbocycles. The summed E-state index contributed by atoms with van der Waals surface area (Å²) in [4.78, 5) is 12.1. The third kappa shape index (κ3) is 7.13. The molecule has 154 valence electrons. The van der Waals surface area contributed by atoms with Gasteiger partial charge in [-0.15, -0.1) is 0 Å². The quantitative estimate of drug-likeness (QED) is 0.420. The van der Waals surface area contributed by atoms with E-state index in [2.05, 4.69) is 10.6 Å². The van der Waals surface area contributed by atoms with Crippen molar-refractivity contribution in [1.29, 1.82) is 5.26 Å². The normalized spacial score (nSPS) is 12.7. The van der Waals surface area contributed by atoms with E-state index in [9.17, 15) is 22.6 Å². The summed E-state index contributed by atoms with van der Waals surface area (Å²) in [6, 6.07) is 18.7. The van der Waals surface area contributed by atoms with Crippen LogP contribution in [-0.4, -0.2) is 0 Å². The number of alkyl halides is 3. The van der Waals surface area contributed by atoms with Crippen molar-refractivity contribution in [2.45, 2.75) is 12.6 Å². The van der Waals surface area contributed by atoms with E-state index in [1.165, 1.54) is 12.1 Å². The molecule has 3 aromatic carbocycles. The van der Waals surface area contributed by atoms with Crippen LogP contribution in [0.15, 0.2) is 72.8 Å². The summed E-state index contributed by atoms with van der Waals surface area (Å²) in [6.45, 7) is 0. The van der Waals surface area contributed by atoms with E-state index in [4.69, 9.17) is 9.79 Å². The molecule has 3 rings (SSSR count). The van der Waals surface area contributed by atoms with Gasteiger partial charge in [0.25, 0.3) is 0 Å². The van der Waals surface area contributed by atoms with Gasteiger partial charge in [-0.3, -0.25) is 0 Å². The molecule has 0 aliphatic rings. The van der Waals surface area contributed by atoms with Crippen LogP contribution in [0.2, 0.25) is 0 Å². The molecule has 0 aromatic heterocycles. The zero-order chi connectivity index (χ0) is 21.8. The average molecular weight is 455 g/mol. The van der Waals surface area contributed by atoms with Crippen LogP contribution < -0.4 is 43.5 Å². The second-order valence-electron chi connectivity index (χ2n) is 6.25. The van der Waals surface area contributed by atoms with E-state index in [1.807, 2.05) is 12.1 Å². The van der Waals surface area contributed by atoms with Crippen LogP contribution in [0.5, 0.6) is 11.5 Å². The molecular weight excluding hydrogens is 441 g/mol. The van der Waals surface area contributed by atoms with Crippen LogP contribution >= 0.6 is 7.82 Å². The first-order chi connectivity index (χ1) is 14.2. The van der Waals surface area contributed by atoms with Crippen molar-refractivity contribution in [2.24, 2.45) is 0 Å². The van der Waals surface area contributed by atoms with Crippen LogP contribution in [0, 0.1) is 11.3 Å². The molecule has 0 bridgehead atoms. The number of nitrogens with zero attached hydrogens (tertiary/aromatic N) is 1. The van der Waals surface area contributed by atoms with Crippen LogP contribution in [-0.2, 0) is 17.2 Å². The third-order valence-corrected chi connectivity index (χ3v) is 4.92. The Bertz CT molecular complexity index is 1130. The van der Waals surface area contributed by atoms with Crippen molar-refractivity contribution < 1.29 is 61.2 Å². The summed E-state index contributed by atoms with van der Waals surface area (Å²) in [5, 5.41) is 9.14. The van der Waals surface area contributed by atoms with E-state index in [1.54, 1.807) is 24.3 Å². The number of phosphoric ester groups is 1. The van der Waals surface area contributed by atoms with Crippen molar-refractivity contribution in [3.63, 3.8) is 0 Å². The topological polar surface area (TPSA) is 82.4 Å². The number of hydrogen-bond acceptors (Lipinski definition) is 5. The second kappa shape index (κ2) is 10.4. The van der Waals surface area contributed by atoms with Crippen molar-refractivity contribution in [3.8, 4) is 17.6 Å². The second-order valence-corrected chi connectivity index (χ2v) is 7.50. The van der Waals surface area contributed by atoms with Gasteiger partial charge >= 0.3 is 43.6 Å². The van der Waals surface area contributed by atoms with E-state index in [-0.39, 0.29) is 35.3 Å². The monoisotopic (exact) mass is 455 g/mol. The van der Waals surface area contributed by atoms with Gasteiger partial charge in [0.1, 0.15) is 11.5 Å². The van der Waals surface area contributed by atoms with Gasteiger partial charge in [-0.25, -0.2) is 4.57 Å². The van der Waals surface area contributed by atoms with Gasteiger partial charge in [-0.1, -0.05) is 36.4 Å². The summed E-state index contributed by atoms with van der Waals surface area (Å²) < 4.78 is 59.7. The first-order valence-corrected chi connectivity index (χ1v) is 10.1. The van der Waals surface area contributed by atoms with Crippen LogP contribution in [0.4, 0.5) is 13.2 Å². The minimum absolute atomic E-state index is 0. The Kier molecular flexibility index (Phi) is 8.35. The standard InChI is InChI=1S/C21H15F3NO4P.Na/c22-21(23,24)18-6-3-7-20(13-18)29-30(26,27)28-19-10-8-15(9-11-19)12-16-4-1-2-5-17(16)14-25;/h1-11,13H,12H2,(H,26,27);/q;+1/p-1. The fraction of sp³-hybridized carbons (Fsp3) is 0.0952. The summed E-state index contributed by atoms with van der Waals surface area (Å²) >= 11 is 0. The molecule has 10 heteroatoms. The molecule has 0 heterocycles. The predicted octanol–water partition coefficient (Wildman–Crippen LogP) is 2.10. The van der Waals surface area contributed by atoms with Crippen molar-refractivity contribution in [2.75, 3.05) is 0 Å². The van der Waals surface area contributed by atoms with Crippen molar-refractivity contribution in [1.82, 2.24) is 0 Å². The first-order valence-electron chi connectivity index (χ1n) is 8.61. The maximum absolute atomic E-state index is 12.7. The zero-order valence-corrected chi connectivity index (χ0v) is 19.2. The Labute approximate surface area is 199 Å². The van der Waals surface area contributed by atoms with Crippen molar-refractivity contribution >= 4 is 7.82 Å². The van der Waals surface area contributed by atoms with E-state index < -0.39 is 25.3 Å². The molecule has 1 unspecified atom stereocenters. The van der Waals surface area contributed by atoms with Gasteiger partial charge in [0.05, 0.1) is 17.2 Å². The van der Waals surface area contributed by atoms with Crippen LogP contribution in [0.1, 0.15) is 22.3 Å². The summed E-state index contributed by atoms with van der Waals surface area (Å²) in [6.07, 6.45) is -4.17. The molecule has 0 N–H and O–H groups in total. The molecule has 0 saturated heterocycles. The molecule has 0 radical (unpaired) electrons. The zero-order valence-electron chi connectivity index (χ0n) is 16.3. The largest absolute Gasteiger partial charge is 1.00 e. The number of nitriles is 1. The molecule has 0 aliphatic heterocycles. The maximum Gasteiger partial charge on any atom is 1.00 e. The van der Waals surface area contributed by atoms with Gasteiger partial charge < -0.3 is 13.9 Å². The molecule has 3 aromatic rings. The molecule has 0 aliphatic carbocycles. The minimum Gasteiger partial charge on any atom is -0.736 e. The average Bonchev–Trinajstić information content (AvgIpc) is 2.69. The molecule has 1 atom stereocenters. The Balaban J connectivity index is 0.00000341. The SMILES string of the molecule is N#Cc1ccccc1Cc1ccc(OP(=O)([O-])Oc2cccc(C(F)(F)F)c2)cc1.[Na+]. The fourth-order valence-electron chi connectivity index (χ4n) is 2.68. The Hall–Kier alpha value is -2.27. The molecular formula is C21H14F3NNaO4P.